The number of ether oxygens (including phenoxy) is 1. The van der Waals surface area contributed by atoms with Crippen molar-refractivity contribution in [2.75, 3.05) is 6.61 Å². The molecule has 0 aromatic rings. The van der Waals surface area contributed by atoms with Gasteiger partial charge in [0.05, 0.1) is 6.10 Å². The fourth-order valence-electron chi connectivity index (χ4n) is 3.86. The third-order valence-electron chi connectivity index (χ3n) is 5.24. The molecule has 1 aliphatic carbocycles. The number of nitrogens with two attached hydrogens (primary N) is 1. The minimum atomic E-state index is -1.06. The van der Waals surface area contributed by atoms with Crippen LogP contribution in [0, 0.1) is 11.3 Å². The van der Waals surface area contributed by atoms with E-state index in [9.17, 15) is 14.7 Å². The van der Waals surface area contributed by atoms with E-state index < -0.39 is 23.0 Å². The molecular formula is C15H26N2O4. The van der Waals surface area contributed by atoms with E-state index >= 15 is 0 Å². The van der Waals surface area contributed by atoms with E-state index in [1.54, 1.807) is 0 Å². The molecule has 1 saturated carbocycles. The molecule has 2 rings (SSSR count). The number of aliphatic carboxylic acids is 1. The fraction of sp³-hybridized carbons (Fsp3) is 0.867. The summed E-state index contributed by atoms with van der Waals surface area (Å²) in [4.78, 5) is 23.9. The van der Waals surface area contributed by atoms with Crippen LogP contribution in [0.4, 0.5) is 0 Å². The van der Waals surface area contributed by atoms with Crippen LogP contribution in [-0.4, -0.2) is 41.3 Å². The predicted octanol–water partition coefficient (Wildman–Crippen LogP) is 0.888. The van der Waals surface area contributed by atoms with Crippen molar-refractivity contribution in [1.82, 2.24) is 5.32 Å². The highest BCUT2D eigenvalue weighted by molar-refractivity contribution is 5.92. The second-order valence-corrected chi connectivity index (χ2v) is 6.78. The first-order valence-electron chi connectivity index (χ1n) is 7.71. The molecule has 120 valence electrons. The Kier molecular flexibility index (Phi) is 4.31. The largest absolute Gasteiger partial charge is 0.480 e. The Labute approximate surface area is 125 Å². The molecule has 4 atom stereocenters. The molecular weight excluding hydrogens is 272 g/mol. The van der Waals surface area contributed by atoms with E-state index in [1.807, 2.05) is 20.8 Å². The Morgan fingerprint density at radius 2 is 2.14 bits per heavy atom. The highest BCUT2D eigenvalue weighted by Crippen LogP contribution is 2.57. The van der Waals surface area contributed by atoms with E-state index in [1.165, 1.54) is 0 Å². The van der Waals surface area contributed by atoms with Crippen molar-refractivity contribution in [2.24, 2.45) is 17.1 Å². The van der Waals surface area contributed by atoms with Crippen molar-refractivity contribution in [3.05, 3.63) is 0 Å². The highest BCUT2D eigenvalue weighted by Gasteiger charge is 2.70. The summed E-state index contributed by atoms with van der Waals surface area (Å²) >= 11 is 0. The molecule has 4 N–H and O–H groups in total. The van der Waals surface area contributed by atoms with Crippen LogP contribution in [0.15, 0.2) is 0 Å². The van der Waals surface area contributed by atoms with Gasteiger partial charge < -0.3 is 20.9 Å². The maximum absolute atomic E-state index is 12.7. The SMILES string of the molecule is CCC[C@@H](NC(=O)C1(N)C2CCCOC2C1(C)C)C(=O)O. The Hall–Kier alpha value is -1.14. The van der Waals surface area contributed by atoms with Crippen molar-refractivity contribution in [3.63, 3.8) is 0 Å². The van der Waals surface area contributed by atoms with Crippen LogP contribution >= 0.6 is 0 Å². The van der Waals surface area contributed by atoms with Crippen LogP contribution in [0.25, 0.3) is 0 Å². The quantitative estimate of drug-likeness (QED) is 0.699. The number of rotatable bonds is 5. The van der Waals surface area contributed by atoms with Crippen molar-refractivity contribution < 1.29 is 19.4 Å². The lowest BCUT2D eigenvalue weighted by Crippen LogP contribution is -2.82. The number of carboxylic acid groups (broad SMARTS) is 1. The molecule has 0 bridgehead atoms. The smallest absolute Gasteiger partial charge is 0.326 e. The van der Waals surface area contributed by atoms with Crippen LogP contribution in [0.1, 0.15) is 46.5 Å². The van der Waals surface area contributed by atoms with Crippen LogP contribution in [0.5, 0.6) is 0 Å². The van der Waals surface area contributed by atoms with Crippen LogP contribution in [0.2, 0.25) is 0 Å². The van der Waals surface area contributed by atoms with Gasteiger partial charge in [-0.1, -0.05) is 27.2 Å². The van der Waals surface area contributed by atoms with Crippen LogP contribution < -0.4 is 11.1 Å². The first-order valence-corrected chi connectivity index (χ1v) is 7.71. The molecule has 1 aliphatic heterocycles. The van der Waals surface area contributed by atoms with E-state index in [4.69, 9.17) is 10.5 Å². The summed E-state index contributed by atoms with van der Waals surface area (Å²) in [7, 11) is 0. The number of nitrogens with one attached hydrogen (secondary N) is 1. The standard InChI is InChI=1S/C15H26N2O4/c1-4-6-10(12(18)19)17-13(20)15(16)9-7-5-8-21-11(9)14(15,2)3/h9-11H,4-8,16H2,1-3H3,(H,17,20)(H,18,19)/t9?,10-,11?,15?/m1/s1. The van der Waals surface area contributed by atoms with E-state index in [2.05, 4.69) is 5.32 Å². The summed E-state index contributed by atoms with van der Waals surface area (Å²) < 4.78 is 5.76. The van der Waals surface area contributed by atoms with E-state index in [-0.39, 0.29) is 17.9 Å². The predicted molar refractivity (Wildman–Crippen MR) is 77.6 cm³/mol. The van der Waals surface area contributed by atoms with Gasteiger partial charge in [-0.2, -0.15) is 0 Å². The lowest BCUT2D eigenvalue weighted by atomic mass is 9.46. The van der Waals surface area contributed by atoms with Gasteiger partial charge in [-0.05, 0) is 19.3 Å². The van der Waals surface area contributed by atoms with Gasteiger partial charge in [0.25, 0.3) is 0 Å². The summed E-state index contributed by atoms with van der Waals surface area (Å²) in [5, 5.41) is 11.8. The van der Waals surface area contributed by atoms with Gasteiger partial charge in [0.15, 0.2) is 0 Å². The summed E-state index contributed by atoms with van der Waals surface area (Å²) in [5.74, 6) is -1.40. The Balaban J connectivity index is 2.15. The summed E-state index contributed by atoms with van der Waals surface area (Å²) in [5.41, 5.74) is 4.89. The molecule has 0 aromatic carbocycles. The lowest BCUT2D eigenvalue weighted by molar-refractivity contribution is -0.225. The van der Waals surface area contributed by atoms with Crippen LogP contribution in [-0.2, 0) is 14.3 Å². The molecule has 1 amide bonds. The maximum atomic E-state index is 12.7. The molecule has 0 spiro atoms. The molecule has 0 radical (unpaired) electrons. The third-order valence-corrected chi connectivity index (χ3v) is 5.24. The topological polar surface area (TPSA) is 102 Å². The van der Waals surface area contributed by atoms with Crippen molar-refractivity contribution in [1.29, 1.82) is 0 Å². The lowest BCUT2D eigenvalue weighted by Gasteiger charge is -2.65. The molecule has 2 aliphatic rings. The van der Waals surface area contributed by atoms with Gasteiger partial charge in [0, 0.05) is 17.9 Å². The Morgan fingerprint density at radius 1 is 1.48 bits per heavy atom. The molecule has 0 aromatic heterocycles. The number of amides is 1. The second-order valence-electron chi connectivity index (χ2n) is 6.78. The van der Waals surface area contributed by atoms with Gasteiger partial charge in [0.2, 0.25) is 5.91 Å². The normalized spacial score (nSPS) is 35.2. The van der Waals surface area contributed by atoms with Crippen LogP contribution in [0.3, 0.4) is 0 Å². The molecule has 1 saturated heterocycles. The molecule has 21 heavy (non-hydrogen) atoms. The zero-order chi connectivity index (χ0) is 15.8. The summed E-state index contributed by atoms with van der Waals surface area (Å²) in [6, 6.07) is -0.873. The number of carboxylic acids is 1. The van der Waals surface area contributed by atoms with Gasteiger partial charge in [-0.15, -0.1) is 0 Å². The first kappa shape index (κ1) is 16.2. The highest BCUT2D eigenvalue weighted by atomic mass is 16.5. The van der Waals surface area contributed by atoms with Crippen molar-refractivity contribution in [2.45, 2.75) is 64.1 Å². The summed E-state index contributed by atoms with van der Waals surface area (Å²) in [6.45, 7) is 6.44. The minimum absolute atomic E-state index is 0.0172. The molecule has 6 heteroatoms. The van der Waals surface area contributed by atoms with Gasteiger partial charge >= 0.3 is 5.97 Å². The number of hydrogen-bond donors (Lipinski definition) is 3. The number of fused-ring (bicyclic) bond motifs is 1. The third kappa shape index (κ3) is 2.34. The molecule has 6 nitrogen and oxygen atoms in total. The second kappa shape index (κ2) is 5.57. The average molecular weight is 298 g/mol. The fourth-order valence-corrected chi connectivity index (χ4v) is 3.86. The number of carbonyl (C=O) groups is 2. The van der Waals surface area contributed by atoms with E-state index in [0.717, 1.165) is 12.8 Å². The monoisotopic (exact) mass is 298 g/mol. The molecule has 3 unspecified atom stereocenters. The zero-order valence-electron chi connectivity index (χ0n) is 13.0. The maximum Gasteiger partial charge on any atom is 0.326 e. The Bertz CT molecular complexity index is 437. The van der Waals surface area contributed by atoms with E-state index in [0.29, 0.717) is 19.4 Å². The molecule has 1 heterocycles. The van der Waals surface area contributed by atoms with Gasteiger partial charge in [-0.3, -0.25) is 4.79 Å². The number of hydrogen-bond acceptors (Lipinski definition) is 4. The summed E-state index contributed by atoms with van der Waals surface area (Å²) in [6.07, 6.45) is 2.82. The Morgan fingerprint density at radius 3 is 2.71 bits per heavy atom. The molecule has 2 fully saturated rings. The van der Waals surface area contributed by atoms with Gasteiger partial charge in [-0.25, -0.2) is 4.79 Å². The minimum Gasteiger partial charge on any atom is -0.480 e. The number of carbonyl (C=O) groups excluding carboxylic acids is 1. The van der Waals surface area contributed by atoms with Crippen molar-refractivity contribution in [3.8, 4) is 0 Å². The first-order chi connectivity index (χ1) is 9.76. The average Bonchev–Trinajstić information content (AvgIpc) is 2.45. The van der Waals surface area contributed by atoms with Crippen molar-refractivity contribution >= 4 is 11.9 Å². The zero-order valence-corrected chi connectivity index (χ0v) is 13.0. The van der Waals surface area contributed by atoms with Gasteiger partial charge in [0.1, 0.15) is 11.6 Å².